The van der Waals surface area contributed by atoms with Gasteiger partial charge in [0, 0.05) is 24.9 Å². The molecule has 3 rings (SSSR count). The summed E-state index contributed by atoms with van der Waals surface area (Å²) in [5.41, 5.74) is 2.43. The molecule has 0 amide bonds. The number of likely N-dealkylation sites (tertiary alicyclic amines) is 1. The average Bonchev–Trinajstić information content (AvgIpc) is 2.99. The summed E-state index contributed by atoms with van der Waals surface area (Å²) >= 11 is 0. The standard InChI is InChI=1S/C18H22FN5/c1-14-11-21-24(22-14)16-5-3-15(4-6-16)12-23-10-8-18(2,7-9-20)17(19)13-23/h3-6,11,17H,7-8,10,12-13H2,1-2H3. The van der Waals surface area contributed by atoms with Crippen molar-refractivity contribution in [2.24, 2.45) is 5.41 Å². The van der Waals surface area contributed by atoms with Crippen molar-refractivity contribution >= 4 is 0 Å². The van der Waals surface area contributed by atoms with Gasteiger partial charge in [-0.2, -0.15) is 20.3 Å². The van der Waals surface area contributed by atoms with Gasteiger partial charge in [-0.05, 0) is 37.6 Å². The Bertz CT molecular complexity index is 733. The second-order valence-electron chi connectivity index (χ2n) is 6.88. The normalized spacial score (nSPS) is 24.7. The SMILES string of the molecule is Cc1cnn(-c2ccc(CN3CCC(C)(CC#N)C(F)C3)cc2)n1. The van der Waals surface area contributed by atoms with Crippen LogP contribution in [0, 0.1) is 23.7 Å². The highest BCUT2D eigenvalue weighted by molar-refractivity contribution is 5.32. The van der Waals surface area contributed by atoms with E-state index in [-0.39, 0.29) is 6.42 Å². The lowest BCUT2D eigenvalue weighted by Gasteiger charge is -2.41. The van der Waals surface area contributed by atoms with Gasteiger partial charge < -0.3 is 0 Å². The molecule has 0 N–H and O–H groups in total. The first-order valence-corrected chi connectivity index (χ1v) is 8.22. The topological polar surface area (TPSA) is 57.7 Å². The minimum atomic E-state index is -0.957. The van der Waals surface area contributed by atoms with Crippen LogP contribution in [0.3, 0.4) is 0 Å². The number of rotatable bonds is 4. The fourth-order valence-corrected chi connectivity index (χ4v) is 3.09. The summed E-state index contributed by atoms with van der Waals surface area (Å²) in [5.74, 6) is 0. The molecule has 0 radical (unpaired) electrons. The van der Waals surface area contributed by atoms with Crippen LogP contribution in [0.5, 0.6) is 0 Å². The number of nitrogens with zero attached hydrogens (tertiary/aromatic N) is 5. The predicted molar refractivity (Wildman–Crippen MR) is 89.2 cm³/mol. The van der Waals surface area contributed by atoms with Crippen LogP contribution in [0.4, 0.5) is 4.39 Å². The van der Waals surface area contributed by atoms with E-state index in [0.717, 1.165) is 36.5 Å². The number of piperidine rings is 1. The van der Waals surface area contributed by atoms with E-state index < -0.39 is 11.6 Å². The Kier molecular flexibility index (Phi) is 4.63. The fraction of sp³-hybridized carbons (Fsp3) is 0.500. The Hall–Kier alpha value is -2.26. The molecular formula is C18H22FN5. The second-order valence-corrected chi connectivity index (χ2v) is 6.88. The molecule has 2 aromatic rings. The third-order valence-electron chi connectivity index (χ3n) is 4.84. The lowest BCUT2D eigenvalue weighted by molar-refractivity contribution is 0.0186. The van der Waals surface area contributed by atoms with Crippen molar-refractivity contribution in [3.63, 3.8) is 0 Å². The van der Waals surface area contributed by atoms with Gasteiger partial charge in [-0.1, -0.05) is 19.1 Å². The molecular weight excluding hydrogens is 305 g/mol. The summed E-state index contributed by atoms with van der Waals surface area (Å²) < 4.78 is 14.4. The minimum absolute atomic E-state index is 0.285. The highest BCUT2D eigenvalue weighted by atomic mass is 19.1. The quantitative estimate of drug-likeness (QED) is 0.866. The summed E-state index contributed by atoms with van der Waals surface area (Å²) in [6.07, 6.45) is 1.77. The van der Waals surface area contributed by atoms with Gasteiger partial charge in [0.2, 0.25) is 0 Å². The van der Waals surface area contributed by atoms with Crippen molar-refractivity contribution in [2.45, 2.75) is 39.4 Å². The maximum Gasteiger partial charge on any atom is 0.119 e. The van der Waals surface area contributed by atoms with Crippen LogP contribution in [0.25, 0.3) is 5.69 Å². The zero-order valence-corrected chi connectivity index (χ0v) is 14.1. The Morgan fingerprint density at radius 2 is 2.12 bits per heavy atom. The monoisotopic (exact) mass is 327 g/mol. The van der Waals surface area contributed by atoms with Gasteiger partial charge >= 0.3 is 0 Å². The largest absolute Gasteiger partial charge is 0.296 e. The van der Waals surface area contributed by atoms with E-state index in [2.05, 4.69) is 21.2 Å². The lowest BCUT2D eigenvalue weighted by Crippen LogP contribution is -2.47. The van der Waals surface area contributed by atoms with E-state index in [9.17, 15) is 4.39 Å². The van der Waals surface area contributed by atoms with Crippen molar-refractivity contribution < 1.29 is 4.39 Å². The van der Waals surface area contributed by atoms with Crippen molar-refractivity contribution in [3.05, 3.63) is 41.7 Å². The van der Waals surface area contributed by atoms with Gasteiger partial charge in [0.05, 0.1) is 23.6 Å². The molecule has 1 aromatic heterocycles. The molecule has 1 fully saturated rings. The van der Waals surface area contributed by atoms with Crippen LogP contribution in [0.2, 0.25) is 0 Å². The molecule has 2 unspecified atom stereocenters. The highest BCUT2D eigenvalue weighted by Gasteiger charge is 2.39. The number of benzene rings is 1. The maximum atomic E-state index is 14.4. The van der Waals surface area contributed by atoms with Crippen molar-refractivity contribution in [2.75, 3.05) is 13.1 Å². The number of hydrogen-bond acceptors (Lipinski definition) is 4. The van der Waals surface area contributed by atoms with E-state index in [1.54, 1.807) is 11.0 Å². The number of alkyl halides is 1. The van der Waals surface area contributed by atoms with Crippen molar-refractivity contribution in [1.29, 1.82) is 5.26 Å². The number of hydrogen-bond donors (Lipinski definition) is 0. The predicted octanol–water partition coefficient (Wildman–Crippen LogP) is 3.04. The third kappa shape index (κ3) is 3.46. The summed E-state index contributed by atoms with van der Waals surface area (Å²) in [6, 6.07) is 10.1. The van der Waals surface area contributed by atoms with Crippen LogP contribution < -0.4 is 0 Å². The van der Waals surface area contributed by atoms with Crippen molar-refractivity contribution in [3.8, 4) is 11.8 Å². The zero-order valence-electron chi connectivity index (χ0n) is 14.1. The number of aryl methyl sites for hydroxylation is 1. The lowest BCUT2D eigenvalue weighted by atomic mass is 9.76. The van der Waals surface area contributed by atoms with Crippen LogP contribution in [0.1, 0.15) is 31.0 Å². The molecule has 1 saturated heterocycles. The molecule has 24 heavy (non-hydrogen) atoms. The van der Waals surface area contributed by atoms with Crippen LogP contribution in [0.15, 0.2) is 30.5 Å². The average molecular weight is 327 g/mol. The molecule has 5 nitrogen and oxygen atoms in total. The molecule has 1 aliphatic heterocycles. The molecule has 1 aromatic carbocycles. The number of nitriles is 1. The fourth-order valence-electron chi connectivity index (χ4n) is 3.09. The molecule has 126 valence electrons. The molecule has 1 aliphatic rings. The van der Waals surface area contributed by atoms with Gasteiger partial charge in [-0.25, -0.2) is 4.39 Å². The second kappa shape index (κ2) is 6.70. The number of aromatic nitrogens is 3. The molecule has 0 saturated carbocycles. The molecule has 0 bridgehead atoms. The van der Waals surface area contributed by atoms with Crippen LogP contribution in [-0.2, 0) is 6.54 Å². The van der Waals surface area contributed by atoms with E-state index in [1.165, 1.54) is 0 Å². The Labute approximate surface area is 141 Å². The molecule has 6 heteroatoms. The third-order valence-corrected chi connectivity index (χ3v) is 4.84. The molecule has 0 aliphatic carbocycles. The molecule has 0 spiro atoms. The Morgan fingerprint density at radius 1 is 1.38 bits per heavy atom. The number of halogens is 1. The summed E-state index contributed by atoms with van der Waals surface area (Å²) in [6.45, 7) is 5.71. The Balaban J connectivity index is 1.62. The Morgan fingerprint density at radius 3 is 2.71 bits per heavy atom. The van der Waals surface area contributed by atoms with E-state index in [1.807, 2.05) is 38.1 Å². The van der Waals surface area contributed by atoms with E-state index in [4.69, 9.17) is 5.26 Å². The van der Waals surface area contributed by atoms with Gasteiger partial charge in [0.25, 0.3) is 0 Å². The zero-order chi connectivity index (χ0) is 17.2. The van der Waals surface area contributed by atoms with Crippen LogP contribution in [-0.4, -0.2) is 39.2 Å². The summed E-state index contributed by atoms with van der Waals surface area (Å²) in [7, 11) is 0. The first-order chi connectivity index (χ1) is 11.5. The van der Waals surface area contributed by atoms with E-state index in [0.29, 0.717) is 6.54 Å². The van der Waals surface area contributed by atoms with Gasteiger partial charge in [0.15, 0.2) is 0 Å². The highest BCUT2D eigenvalue weighted by Crippen LogP contribution is 2.36. The smallest absolute Gasteiger partial charge is 0.119 e. The minimum Gasteiger partial charge on any atom is -0.296 e. The van der Waals surface area contributed by atoms with Gasteiger partial charge in [-0.3, -0.25) is 4.90 Å². The van der Waals surface area contributed by atoms with E-state index >= 15 is 0 Å². The molecule has 2 heterocycles. The summed E-state index contributed by atoms with van der Waals surface area (Å²) in [5, 5.41) is 17.4. The first kappa shape index (κ1) is 16.6. The van der Waals surface area contributed by atoms with Gasteiger partial charge in [0.1, 0.15) is 6.17 Å². The van der Waals surface area contributed by atoms with Gasteiger partial charge in [-0.15, -0.1) is 0 Å². The first-order valence-electron chi connectivity index (χ1n) is 8.22. The maximum absolute atomic E-state index is 14.4. The van der Waals surface area contributed by atoms with Crippen LogP contribution >= 0.6 is 0 Å². The summed E-state index contributed by atoms with van der Waals surface area (Å²) in [4.78, 5) is 3.72. The molecule has 2 atom stereocenters. The van der Waals surface area contributed by atoms with Crippen molar-refractivity contribution in [1.82, 2.24) is 19.9 Å².